The van der Waals surface area contributed by atoms with Crippen molar-refractivity contribution in [3.63, 3.8) is 0 Å². The Morgan fingerprint density at radius 2 is 1.83 bits per heavy atom. The van der Waals surface area contributed by atoms with E-state index in [9.17, 15) is 14.4 Å². The molecule has 0 radical (unpaired) electrons. The molecule has 0 saturated heterocycles. The number of carboxylic acids is 1. The normalized spacial score (nSPS) is 13.2. The Hall–Kier alpha value is -1.68. The van der Waals surface area contributed by atoms with Crippen molar-refractivity contribution in [3.05, 3.63) is 17.5 Å². The number of nitrogens with zero attached hydrogens (tertiary/aromatic N) is 1. The van der Waals surface area contributed by atoms with Crippen molar-refractivity contribution in [2.45, 2.75) is 19.0 Å². The molecule has 0 saturated carbocycles. The summed E-state index contributed by atoms with van der Waals surface area (Å²) in [6, 6.07) is -0.414. The maximum Gasteiger partial charge on any atom is 0.327 e. The number of hydrogen-bond donors (Lipinski definition) is 3. The number of aryl methyl sites for hydroxylation is 1. The highest BCUT2D eigenvalue weighted by Gasteiger charge is 2.27. The van der Waals surface area contributed by atoms with Gasteiger partial charge < -0.3 is 20.3 Å². The predicted molar refractivity (Wildman–Crippen MR) is 88.8 cm³/mol. The van der Waals surface area contributed by atoms with Gasteiger partial charge in [0.2, 0.25) is 5.91 Å². The second-order valence-corrected chi connectivity index (χ2v) is 6.48. The lowest BCUT2D eigenvalue weighted by Crippen LogP contribution is -2.53. The molecule has 0 fully saturated rings. The van der Waals surface area contributed by atoms with Gasteiger partial charge in [0.1, 0.15) is 17.8 Å². The minimum absolute atomic E-state index is 0.0697. The fourth-order valence-electron chi connectivity index (χ4n) is 1.67. The van der Waals surface area contributed by atoms with Crippen LogP contribution in [0.2, 0.25) is 0 Å². The van der Waals surface area contributed by atoms with Crippen molar-refractivity contribution in [3.8, 4) is 0 Å². The van der Waals surface area contributed by atoms with E-state index in [1.54, 1.807) is 19.4 Å². The fourth-order valence-corrected chi connectivity index (χ4v) is 2.80. The number of nitrogens with one attached hydrogen (secondary N) is 2. The fraction of sp³-hybridized carbons (Fsp3) is 0.538. The third kappa shape index (κ3) is 6.14. The topological polar surface area (TPSA) is 122 Å². The van der Waals surface area contributed by atoms with E-state index in [0.717, 1.165) is 0 Å². The highest BCUT2D eigenvalue weighted by molar-refractivity contribution is 7.98. The summed E-state index contributed by atoms with van der Waals surface area (Å²) in [5.74, 6) is -1.19. The molecule has 1 aromatic heterocycles. The summed E-state index contributed by atoms with van der Waals surface area (Å²) in [6.45, 7) is 1.65. The maximum atomic E-state index is 12.2. The number of carbonyl (C=O) groups excluding carboxylic acids is 2. The van der Waals surface area contributed by atoms with Crippen LogP contribution in [0.3, 0.4) is 0 Å². The van der Waals surface area contributed by atoms with Crippen molar-refractivity contribution >= 4 is 41.3 Å². The lowest BCUT2D eigenvalue weighted by Gasteiger charge is -2.20. The van der Waals surface area contributed by atoms with Crippen LogP contribution in [0.1, 0.15) is 16.2 Å². The quantitative estimate of drug-likeness (QED) is 0.577. The predicted octanol–water partition coefficient (Wildman–Crippen LogP) is 0.377. The summed E-state index contributed by atoms with van der Waals surface area (Å²) in [5, 5.41) is 17.6. The number of carbonyl (C=O) groups is 3. The van der Waals surface area contributed by atoms with E-state index in [1.807, 2.05) is 0 Å². The molecule has 128 valence electrons. The van der Waals surface area contributed by atoms with Crippen LogP contribution in [0.15, 0.2) is 10.6 Å². The van der Waals surface area contributed by atoms with Crippen LogP contribution in [0, 0.1) is 6.92 Å². The first-order valence-electron chi connectivity index (χ1n) is 6.64. The molecule has 2 amide bonds. The Balaban J connectivity index is 2.74. The van der Waals surface area contributed by atoms with E-state index in [1.165, 1.54) is 29.6 Å². The summed E-state index contributed by atoms with van der Waals surface area (Å²) >= 11 is 2.67. The Morgan fingerprint density at radius 3 is 2.30 bits per heavy atom. The molecule has 0 aliphatic carbocycles. The van der Waals surface area contributed by atoms with E-state index < -0.39 is 29.9 Å². The SMILES string of the molecule is CSC[C@@H](NC(=O)[C@@H](CSC)NC(=O)c1cc(C)on1)C(=O)O. The highest BCUT2D eigenvalue weighted by Crippen LogP contribution is 2.05. The number of thioether (sulfide) groups is 2. The molecular weight excluding hydrogens is 342 g/mol. The van der Waals surface area contributed by atoms with Gasteiger partial charge >= 0.3 is 5.97 Å². The largest absolute Gasteiger partial charge is 0.480 e. The van der Waals surface area contributed by atoms with E-state index in [4.69, 9.17) is 9.63 Å². The molecule has 1 rings (SSSR count). The van der Waals surface area contributed by atoms with Gasteiger partial charge in [-0.05, 0) is 19.4 Å². The van der Waals surface area contributed by atoms with Gasteiger partial charge in [-0.2, -0.15) is 23.5 Å². The van der Waals surface area contributed by atoms with Gasteiger partial charge in [-0.15, -0.1) is 0 Å². The first kappa shape index (κ1) is 19.4. The summed E-state index contributed by atoms with van der Waals surface area (Å²) < 4.78 is 4.82. The van der Waals surface area contributed by atoms with Gasteiger partial charge in [-0.1, -0.05) is 5.16 Å². The molecule has 0 unspecified atom stereocenters. The molecule has 8 nitrogen and oxygen atoms in total. The zero-order chi connectivity index (χ0) is 17.4. The van der Waals surface area contributed by atoms with Gasteiger partial charge in [0.05, 0.1) is 0 Å². The molecule has 10 heteroatoms. The van der Waals surface area contributed by atoms with Crippen molar-refractivity contribution < 1.29 is 24.0 Å². The van der Waals surface area contributed by atoms with E-state index in [-0.39, 0.29) is 11.4 Å². The van der Waals surface area contributed by atoms with Crippen LogP contribution < -0.4 is 10.6 Å². The molecule has 1 heterocycles. The molecule has 0 bridgehead atoms. The summed E-state index contributed by atoms with van der Waals surface area (Å²) in [6.07, 6.45) is 3.53. The zero-order valence-electron chi connectivity index (χ0n) is 13.0. The standard InChI is InChI=1S/C13H19N3O5S2/c1-7-4-8(16-21-7)11(17)14-9(5-22-2)12(18)15-10(6-23-3)13(19)20/h4,9-10H,5-6H2,1-3H3,(H,14,17)(H,15,18)(H,19,20)/t9-,10-/m1/s1. The van der Waals surface area contributed by atoms with E-state index in [0.29, 0.717) is 11.5 Å². The van der Waals surface area contributed by atoms with E-state index >= 15 is 0 Å². The average Bonchev–Trinajstić information content (AvgIpc) is 2.92. The molecule has 0 spiro atoms. The van der Waals surface area contributed by atoms with Crippen LogP contribution >= 0.6 is 23.5 Å². The Bertz CT molecular complexity index is 564. The van der Waals surface area contributed by atoms with Crippen LogP contribution in [-0.2, 0) is 9.59 Å². The zero-order valence-corrected chi connectivity index (χ0v) is 14.6. The second-order valence-electron chi connectivity index (χ2n) is 4.66. The Kier molecular flexibility index (Phi) is 7.96. The lowest BCUT2D eigenvalue weighted by molar-refractivity contribution is -0.141. The summed E-state index contributed by atoms with van der Waals surface area (Å²) in [7, 11) is 0. The van der Waals surface area contributed by atoms with Crippen molar-refractivity contribution in [2.24, 2.45) is 0 Å². The van der Waals surface area contributed by atoms with Crippen LogP contribution in [-0.4, -0.2) is 64.1 Å². The molecule has 0 aromatic carbocycles. The Morgan fingerprint density at radius 1 is 1.22 bits per heavy atom. The number of aromatic nitrogens is 1. The lowest BCUT2D eigenvalue weighted by atomic mass is 10.2. The van der Waals surface area contributed by atoms with Crippen molar-refractivity contribution in [1.29, 1.82) is 0 Å². The number of amides is 2. The monoisotopic (exact) mass is 361 g/mol. The molecule has 3 N–H and O–H groups in total. The first-order valence-corrected chi connectivity index (χ1v) is 9.43. The minimum atomic E-state index is -1.12. The van der Waals surface area contributed by atoms with Gasteiger partial charge in [-0.25, -0.2) is 4.79 Å². The second kappa shape index (κ2) is 9.46. The third-order valence-corrected chi connectivity index (χ3v) is 4.10. The molecule has 23 heavy (non-hydrogen) atoms. The molecular formula is C13H19N3O5S2. The van der Waals surface area contributed by atoms with Crippen LogP contribution in [0.5, 0.6) is 0 Å². The van der Waals surface area contributed by atoms with Gasteiger partial charge in [0, 0.05) is 17.6 Å². The Labute approximate surface area is 142 Å². The number of rotatable bonds is 9. The van der Waals surface area contributed by atoms with Crippen LogP contribution in [0.25, 0.3) is 0 Å². The van der Waals surface area contributed by atoms with Crippen molar-refractivity contribution in [2.75, 3.05) is 24.0 Å². The molecule has 2 atom stereocenters. The maximum absolute atomic E-state index is 12.2. The molecule has 0 aliphatic heterocycles. The average molecular weight is 361 g/mol. The number of aliphatic carboxylic acids is 1. The first-order chi connectivity index (χ1) is 10.9. The smallest absolute Gasteiger partial charge is 0.327 e. The molecule has 1 aromatic rings. The summed E-state index contributed by atoms with van der Waals surface area (Å²) in [4.78, 5) is 35.4. The highest BCUT2D eigenvalue weighted by atomic mass is 32.2. The van der Waals surface area contributed by atoms with Gasteiger partial charge in [0.25, 0.3) is 5.91 Å². The van der Waals surface area contributed by atoms with Gasteiger partial charge in [-0.3, -0.25) is 9.59 Å². The third-order valence-electron chi connectivity index (χ3n) is 2.76. The van der Waals surface area contributed by atoms with Crippen molar-refractivity contribution in [1.82, 2.24) is 15.8 Å². The number of hydrogen-bond acceptors (Lipinski definition) is 7. The van der Waals surface area contributed by atoms with Crippen LogP contribution in [0.4, 0.5) is 0 Å². The van der Waals surface area contributed by atoms with E-state index in [2.05, 4.69) is 15.8 Å². The minimum Gasteiger partial charge on any atom is -0.480 e. The molecule has 0 aliphatic rings. The van der Waals surface area contributed by atoms with Gasteiger partial charge in [0.15, 0.2) is 5.69 Å². The summed E-state index contributed by atoms with van der Waals surface area (Å²) in [5.41, 5.74) is 0.0697. The number of carboxylic acid groups (broad SMARTS) is 1.